The van der Waals surface area contributed by atoms with Crippen LogP contribution in [-0.2, 0) is 36.8 Å². The zero-order chi connectivity index (χ0) is 51.3. The number of likely N-dealkylation sites (N-methyl/N-ethyl adjacent to an activating group) is 1. The molecule has 7 amide bonds. The van der Waals surface area contributed by atoms with E-state index in [9.17, 15) is 38.7 Å². The molecule has 4 atom stereocenters. The molecule has 0 fully saturated rings. The molecule has 1 aliphatic heterocycles. The van der Waals surface area contributed by atoms with Crippen molar-refractivity contribution < 1.29 is 48.1 Å². The molecule has 7 N–H and O–H groups in total. The summed E-state index contributed by atoms with van der Waals surface area (Å²) in [6, 6.07) is 20.7. The quantitative estimate of drug-likeness (QED) is 0.0658. The van der Waals surface area contributed by atoms with E-state index in [1.54, 1.807) is 69.3 Å². The van der Waals surface area contributed by atoms with Gasteiger partial charge in [-0.15, -0.1) is 0 Å². The minimum Gasteiger partial charge on any atom is -0.496 e. The number of fused-ring (bicyclic) bond motifs is 5. The third kappa shape index (κ3) is 13.9. The number of benzene rings is 4. The van der Waals surface area contributed by atoms with Gasteiger partial charge < -0.3 is 51.4 Å². The zero-order valence-electron chi connectivity index (χ0n) is 41.3. The molecule has 0 saturated heterocycles. The second kappa shape index (κ2) is 24.2. The van der Waals surface area contributed by atoms with Gasteiger partial charge in [-0.1, -0.05) is 61.9 Å². The molecular weight excluding hydrogens is 895 g/mol. The first-order valence-corrected chi connectivity index (χ1v) is 23.6. The summed E-state index contributed by atoms with van der Waals surface area (Å²) >= 11 is 0. The Balaban J connectivity index is 1.42. The number of nitrogens with zero attached hydrogens (tertiary/aromatic N) is 2. The van der Waals surface area contributed by atoms with E-state index in [0.29, 0.717) is 52.2 Å². The number of hydrogen-bond donors (Lipinski definition) is 6. The molecule has 0 aliphatic carbocycles. The normalized spacial score (nSPS) is 16.3. The summed E-state index contributed by atoms with van der Waals surface area (Å²) < 4.78 is 11.5. The Morgan fingerprint density at radius 1 is 0.843 bits per heavy atom. The van der Waals surface area contributed by atoms with Crippen molar-refractivity contribution in [2.75, 3.05) is 34.4 Å². The van der Waals surface area contributed by atoms with Crippen LogP contribution in [0, 0.1) is 0 Å². The molecule has 1 heterocycles. The molecule has 0 aromatic heterocycles. The fourth-order valence-electron chi connectivity index (χ4n) is 8.45. The van der Waals surface area contributed by atoms with Gasteiger partial charge in [0.05, 0.1) is 14.2 Å². The number of carbonyl (C=O) groups is 7. The van der Waals surface area contributed by atoms with E-state index < -0.39 is 65.3 Å². The number of carboxylic acid groups (broad SMARTS) is 1. The van der Waals surface area contributed by atoms with Gasteiger partial charge in [-0.3, -0.25) is 28.8 Å². The van der Waals surface area contributed by atoms with Gasteiger partial charge in [-0.2, -0.15) is 0 Å². The van der Waals surface area contributed by atoms with Crippen LogP contribution in [0.15, 0.2) is 84.9 Å². The fraction of sp³-hybridized carbons (Fsp3) is 0.415. The second-order valence-electron chi connectivity index (χ2n) is 18.5. The lowest BCUT2D eigenvalue weighted by Crippen LogP contribution is -2.55. The maximum atomic E-state index is 14.8. The first kappa shape index (κ1) is 53.5. The van der Waals surface area contributed by atoms with E-state index in [1.807, 2.05) is 12.1 Å². The van der Waals surface area contributed by atoms with Gasteiger partial charge in [0, 0.05) is 55.2 Å². The highest BCUT2D eigenvalue weighted by Gasteiger charge is 2.36. The predicted molar refractivity (Wildman–Crippen MR) is 266 cm³/mol. The maximum Gasteiger partial charge on any atom is 0.407 e. The van der Waals surface area contributed by atoms with Crippen molar-refractivity contribution in [1.29, 1.82) is 0 Å². The standard InChI is InChI=1S/C53H67N7O10/c1-9-12-33-14-17-35(18-15-33)36-19-21-37(22-20-36)49(64)55-27-26-45(61)57-41(13-10-11-28-60(52(67)68)53(3,4)5)51(66)59(6)46-38-23-25-44(70-8)40(31-38)39-29-34(16-24-43(39)69-7)30-42(47(54)62)58-48(63)32(2)56-50(46)65/h14-25,29,31-32,41-42,46H,9-13,26-28,30H2,1-8H3,(H2,54,62)(H,55,64)(H,56,65)(H,57,61)(H,58,63)(H,67,68)/t32-,41?,42?,46-/m0/s1. The first-order valence-electron chi connectivity index (χ1n) is 23.6. The minimum absolute atomic E-state index is 0.0352. The van der Waals surface area contributed by atoms with Crippen molar-refractivity contribution in [3.8, 4) is 33.8 Å². The molecule has 17 nitrogen and oxygen atoms in total. The van der Waals surface area contributed by atoms with E-state index >= 15 is 0 Å². The second-order valence-corrected chi connectivity index (χ2v) is 18.5. The van der Waals surface area contributed by atoms with E-state index in [-0.39, 0.29) is 38.3 Å². The summed E-state index contributed by atoms with van der Waals surface area (Å²) in [5.41, 5.74) is 10.6. The molecule has 4 bridgehead atoms. The van der Waals surface area contributed by atoms with Crippen LogP contribution in [0.25, 0.3) is 22.3 Å². The lowest BCUT2D eigenvalue weighted by atomic mass is 9.93. The van der Waals surface area contributed by atoms with E-state index in [2.05, 4.69) is 52.5 Å². The van der Waals surface area contributed by atoms with Crippen molar-refractivity contribution in [2.45, 2.75) is 109 Å². The molecule has 5 rings (SSSR count). The van der Waals surface area contributed by atoms with Gasteiger partial charge in [0.2, 0.25) is 29.5 Å². The number of aryl methyl sites for hydroxylation is 1. The summed E-state index contributed by atoms with van der Waals surface area (Å²) in [7, 11) is 4.38. The molecule has 17 heteroatoms. The number of ether oxygens (including phenoxy) is 2. The maximum absolute atomic E-state index is 14.8. The lowest BCUT2D eigenvalue weighted by molar-refractivity contribution is -0.143. The minimum atomic E-state index is -1.40. The van der Waals surface area contributed by atoms with Crippen LogP contribution in [-0.4, -0.2) is 114 Å². The Bertz CT molecular complexity index is 2520. The number of nitrogens with two attached hydrogens (primary N) is 1. The topological polar surface area (TPSA) is 239 Å². The Hall–Kier alpha value is -7.43. The molecule has 374 valence electrons. The average Bonchev–Trinajstić information content (AvgIpc) is 3.32. The Labute approximate surface area is 409 Å². The van der Waals surface area contributed by atoms with Crippen molar-refractivity contribution in [1.82, 2.24) is 31.1 Å². The molecule has 4 aromatic rings. The van der Waals surface area contributed by atoms with Crippen molar-refractivity contribution in [3.63, 3.8) is 0 Å². The molecule has 1 aliphatic rings. The van der Waals surface area contributed by atoms with Crippen LogP contribution < -0.4 is 36.5 Å². The van der Waals surface area contributed by atoms with Gasteiger partial charge in [0.1, 0.15) is 35.7 Å². The number of nitrogens with one attached hydrogen (secondary N) is 4. The molecule has 2 unspecified atom stereocenters. The number of hydrogen-bond acceptors (Lipinski definition) is 9. The number of primary amides is 1. The van der Waals surface area contributed by atoms with E-state index in [4.69, 9.17) is 15.2 Å². The summed E-state index contributed by atoms with van der Waals surface area (Å²) in [5, 5.41) is 20.8. The molecule has 0 saturated carbocycles. The van der Waals surface area contributed by atoms with Gasteiger partial charge in [0.15, 0.2) is 0 Å². The summed E-state index contributed by atoms with van der Waals surface area (Å²) in [4.78, 5) is 96.9. The van der Waals surface area contributed by atoms with E-state index in [0.717, 1.165) is 24.0 Å². The molecular formula is C53H67N7O10. The number of methoxy groups -OCH3 is 2. The monoisotopic (exact) mass is 961 g/mol. The SMILES string of the molecule is CCCc1ccc(-c2ccc(C(=O)NCCC(=O)NC(CCCCN(C(=O)O)C(C)(C)C)C(=O)N(C)[C@@H]3C(=O)N[C@@H](C)C(=O)NC(C(N)=O)Cc4ccc(OC)c(c4)-c4cc3ccc4OC)cc2)cc1. The van der Waals surface area contributed by atoms with Crippen LogP contribution >= 0.6 is 0 Å². The summed E-state index contributed by atoms with van der Waals surface area (Å²) in [6.45, 7) is 9.00. The lowest BCUT2D eigenvalue weighted by Gasteiger charge is -2.34. The number of amides is 7. The summed E-state index contributed by atoms with van der Waals surface area (Å²) in [6.07, 6.45) is 1.51. The molecule has 0 radical (unpaired) electrons. The third-order valence-corrected chi connectivity index (χ3v) is 12.3. The molecule has 0 spiro atoms. The van der Waals surface area contributed by atoms with Crippen LogP contribution in [0.1, 0.15) is 99.8 Å². The van der Waals surface area contributed by atoms with Crippen molar-refractivity contribution in [2.24, 2.45) is 5.73 Å². The van der Waals surface area contributed by atoms with Crippen LogP contribution in [0.5, 0.6) is 11.5 Å². The number of rotatable bonds is 18. The predicted octanol–water partition coefficient (Wildman–Crippen LogP) is 5.77. The van der Waals surface area contributed by atoms with Crippen LogP contribution in [0.3, 0.4) is 0 Å². The number of carbonyl (C=O) groups excluding carboxylic acids is 6. The van der Waals surface area contributed by atoms with Gasteiger partial charge in [-0.25, -0.2) is 4.79 Å². The Kier molecular flexibility index (Phi) is 18.5. The highest BCUT2D eigenvalue weighted by atomic mass is 16.5. The average molecular weight is 962 g/mol. The highest BCUT2D eigenvalue weighted by Crippen LogP contribution is 2.40. The Morgan fingerprint density at radius 3 is 2.04 bits per heavy atom. The first-order chi connectivity index (χ1) is 33.2. The van der Waals surface area contributed by atoms with E-state index in [1.165, 1.54) is 43.6 Å². The van der Waals surface area contributed by atoms with Crippen molar-refractivity contribution >= 4 is 41.5 Å². The highest BCUT2D eigenvalue weighted by molar-refractivity contribution is 5.97. The van der Waals surface area contributed by atoms with Crippen LogP contribution in [0.4, 0.5) is 4.79 Å². The van der Waals surface area contributed by atoms with Crippen molar-refractivity contribution in [3.05, 3.63) is 107 Å². The van der Waals surface area contributed by atoms with Crippen LogP contribution in [0.2, 0.25) is 0 Å². The zero-order valence-corrected chi connectivity index (χ0v) is 41.3. The summed E-state index contributed by atoms with van der Waals surface area (Å²) in [5.74, 6) is -3.01. The number of unbranched alkanes of at least 4 members (excludes halogenated alkanes) is 1. The van der Waals surface area contributed by atoms with Gasteiger partial charge in [0.25, 0.3) is 5.91 Å². The third-order valence-electron chi connectivity index (χ3n) is 12.3. The smallest absolute Gasteiger partial charge is 0.407 e. The molecule has 70 heavy (non-hydrogen) atoms. The molecule has 4 aromatic carbocycles. The van der Waals surface area contributed by atoms with Gasteiger partial charge in [-0.05, 0) is 118 Å². The van der Waals surface area contributed by atoms with Gasteiger partial charge >= 0.3 is 6.09 Å². The fourth-order valence-corrected chi connectivity index (χ4v) is 8.45. The Morgan fingerprint density at radius 2 is 1.46 bits per heavy atom. The largest absolute Gasteiger partial charge is 0.496 e.